The molecule has 0 radical (unpaired) electrons. The molecule has 0 aliphatic rings. The monoisotopic (exact) mass is 490 g/mol. The normalized spacial score (nSPS) is 11.7. The number of rotatable bonds is 7. The molecule has 1 atom stereocenters. The third-order valence-corrected chi connectivity index (χ3v) is 5.61. The number of carbonyl (C=O) groups is 3. The highest BCUT2D eigenvalue weighted by Gasteiger charge is 2.25. The number of carboxylic acid groups (broad SMARTS) is 1. The summed E-state index contributed by atoms with van der Waals surface area (Å²) in [4.78, 5) is 40.0. The third kappa shape index (κ3) is 6.27. The van der Waals surface area contributed by atoms with Gasteiger partial charge in [-0.05, 0) is 36.2 Å². The number of aliphatic carboxylic acids is 1. The van der Waals surface area contributed by atoms with Gasteiger partial charge in [-0.15, -0.1) is 11.3 Å². The zero-order valence-electron chi connectivity index (χ0n) is 17.6. The molecule has 11 heteroatoms. The van der Waals surface area contributed by atoms with Crippen LogP contribution in [0, 0.1) is 11.7 Å². The second kappa shape index (κ2) is 10.4. The number of thiazole rings is 1. The molecule has 3 amide bonds. The molecule has 0 aliphatic heterocycles. The van der Waals surface area contributed by atoms with Crippen LogP contribution in [0.25, 0.3) is 11.3 Å². The van der Waals surface area contributed by atoms with Gasteiger partial charge in [-0.3, -0.25) is 4.79 Å². The molecule has 0 fully saturated rings. The van der Waals surface area contributed by atoms with E-state index >= 15 is 0 Å². The molecule has 0 spiro atoms. The van der Waals surface area contributed by atoms with Crippen LogP contribution in [0.3, 0.4) is 0 Å². The van der Waals surface area contributed by atoms with E-state index in [0.717, 1.165) is 17.4 Å². The lowest BCUT2D eigenvalue weighted by atomic mass is 10.1. The maximum Gasteiger partial charge on any atom is 0.326 e. The minimum absolute atomic E-state index is 0.00981. The number of anilines is 2. The number of benzene rings is 2. The highest BCUT2D eigenvalue weighted by Crippen LogP contribution is 2.24. The van der Waals surface area contributed by atoms with Crippen molar-refractivity contribution in [3.63, 3.8) is 0 Å². The third-order valence-electron chi connectivity index (χ3n) is 4.54. The van der Waals surface area contributed by atoms with Gasteiger partial charge < -0.3 is 21.1 Å². The fraction of sp³-hybridized carbons (Fsp3) is 0.182. The summed E-state index contributed by atoms with van der Waals surface area (Å²) >= 11 is 6.79. The first kappa shape index (κ1) is 24.1. The summed E-state index contributed by atoms with van der Waals surface area (Å²) in [5.74, 6) is -2.60. The fourth-order valence-corrected chi connectivity index (χ4v) is 3.71. The summed E-state index contributed by atoms with van der Waals surface area (Å²) < 4.78 is 13.8. The van der Waals surface area contributed by atoms with Crippen molar-refractivity contribution in [2.24, 2.45) is 5.92 Å². The van der Waals surface area contributed by atoms with E-state index in [1.165, 1.54) is 12.1 Å². The van der Waals surface area contributed by atoms with Gasteiger partial charge in [-0.2, -0.15) is 0 Å². The van der Waals surface area contributed by atoms with Crippen molar-refractivity contribution in [3.8, 4) is 11.3 Å². The number of carboxylic acids is 1. The van der Waals surface area contributed by atoms with Crippen LogP contribution >= 0.6 is 22.9 Å². The molecule has 3 aromatic rings. The van der Waals surface area contributed by atoms with Crippen LogP contribution in [0.5, 0.6) is 0 Å². The highest BCUT2D eigenvalue weighted by molar-refractivity contribution is 7.12. The largest absolute Gasteiger partial charge is 0.480 e. The van der Waals surface area contributed by atoms with Crippen LogP contribution < -0.4 is 16.0 Å². The molecule has 4 N–H and O–H groups in total. The Balaban J connectivity index is 1.63. The molecule has 8 nitrogen and oxygen atoms in total. The number of urea groups is 1. The highest BCUT2D eigenvalue weighted by atomic mass is 35.5. The maximum atomic E-state index is 13.8. The SMILES string of the molecule is CC(C)C(NC(=O)c1nc(-c2ccc(NC(=O)Nc3ccc(Cl)cc3F)cc2)cs1)C(=O)O. The average molecular weight is 491 g/mol. The minimum Gasteiger partial charge on any atom is -0.480 e. The predicted octanol–water partition coefficient (Wildman–Crippen LogP) is 5.09. The Bertz CT molecular complexity index is 1180. The van der Waals surface area contributed by atoms with Crippen molar-refractivity contribution in [2.45, 2.75) is 19.9 Å². The summed E-state index contributed by atoms with van der Waals surface area (Å²) in [6, 6.07) is 8.93. The van der Waals surface area contributed by atoms with Gasteiger partial charge in [0.1, 0.15) is 11.9 Å². The van der Waals surface area contributed by atoms with Crippen LogP contribution in [0.15, 0.2) is 47.8 Å². The van der Waals surface area contributed by atoms with Gasteiger partial charge in [-0.1, -0.05) is 37.6 Å². The lowest BCUT2D eigenvalue weighted by Crippen LogP contribution is -2.44. The van der Waals surface area contributed by atoms with E-state index in [1.54, 1.807) is 43.5 Å². The number of nitrogens with one attached hydrogen (secondary N) is 3. The van der Waals surface area contributed by atoms with E-state index in [9.17, 15) is 23.9 Å². The molecule has 1 heterocycles. The molecule has 3 rings (SSSR count). The molecular weight excluding hydrogens is 471 g/mol. The Kier molecular flexibility index (Phi) is 7.62. The Morgan fingerprint density at radius 1 is 1.09 bits per heavy atom. The Labute approximate surface area is 197 Å². The molecule has 0 saturated carbocycles. The van der Waals surface area contributed by atoms with Crippen molar-refractivity contribution in [2.75, 3.05) is 10.6 Å². The number of aromatic nitrogens is 1. The Morgan fingerprint density at radius 2 is 1.79 bits per heavy atom. The molecule has 1 aromatic heterocycles. The van der Waals surface area contributed by atoms with E-state index in [1.807, 2.05) is 0 Å². The van der Waals surface area contributed by atoms with Crippen LogP contribution in [0.1, 0.15) is 23.6 Å². The maximum absolute atomic E-state index is 13.8. The van der Waals surface area contributed by atoms with Crippen molar-refractivity contribution >= 4 is 52.2 Å². The van der Waals surface area contributed by atoms with Gasteiger partial charge in [0.05, 0.1) is 11.4 Å². The Hall–Kier alpha value is -3.50. The van der Waals surface area contributed by atoms with E-state index in [0.29, 0.717) is 16.9 Å². The van der Waals surface area contributed by atoms with E-state index in [2.05, 4.69) is 20.9 Å². The van der Waals surface area contributed by atoms with Gasteiger partial charge in [0, 0.05) is 21.7 Å². The number of amides is 3. The fourth-order valence-electron chi connectivity index (χ4n) is 2.83. The number of halogens is 2. The lowest BCUT2D eigenvalue weighted by molar-refractivity contribution is -0.140. The molecule has 0 bridgehead atoms. The first-order valence-corrected chi connectivity index (χ1v) is 11.0. The van der Waals surface area contributed by atoms with Gasteiger partial charge in [0.2, 0.25) is 0 Å². The quantitative estimate of drug-likeness (QED) is 0.368. The molecule has 2 aromatic carbocycles. The van der Waals surface area contributed by atoms with Gasteiger partial charge in [-0.25, -0.2) is 19.0 Å². The van der Waals surface area contributed by atoms with Crippen molar-refractivity contribution in [3.05, 3.63) is 63.7 Å². The van der Waals surface area contributed by atoms with E-state index < -0.39 is 29.8 Å². The summed E-state index contributed by atoms with van der Waals surface area (Å²) in [6.07, 6.45) is 0. The average Bonchev–Trinajstić information content (AvgIpc) is 3.24. The second-order valence-corrected chi connectivity index (χ2v) is 8.65. The van der Waals surface area contributed by atoms with Gasteiger partial charge in [0.15, 0.2) is 5.01 Å². The van der Waals surface area contributed by atoms with Crippen molar-refractivity contribution in [1.29, 1.82) is 0 Å². The predicted molar refractivity (Wildman–Crippen MR) is 125 cm³/mol. The Morgan fingerprint density at radius 3 is 2.39 bits per heavy atom. The number of hydrogen-bond donors (Lipinski definition) is 4. The van der Waals surface area contributed by atoms with Crippen LogP contribution in [-0.4, -0.2) is 34.0 Å². The zero-order valence-corrected chi connectivity index (χ0v) is 19.1. The molecule has 0 saturated heterocycles. The molecule has 172 valence electrons. The lowest BCUT2D eigenvalue weighted by Gasteiger charge is -2.16. The van der Waals surface area contributed by atoms with Crippen LogP contribution in [-0.2, 0) is 4.79 Å². The van der Waals surface area contributed by atoms with Gasteiger partial charge in [0.25, 0.3) is 5.91 Å². The zero-order chi connectivity index (χ0) is 24.1. The molecule has 33 heavy (non-hydrogen) atoms. The molecule has 1 unspecified atom stereocenters. The molecular formula is C22H20ClFN4O4S. The van der Waals surface area contributed by atoms with Crippen molar-refractivity contribution < 1.29 is 23.9 Å². The first-order chi connectivity index (χ1) is 15.6. The topological polar surface area (TPSA) is 120 Å². The summed E-state index contributed by atoms with van der Waals surface area (Å²) in [7, 11) is 0. The van der Waals surface area contributed by atoms with Gasteiger partial charge >= 0.3 is 12.0 Å². The molecule has 0 aliphatic carbocycles. The number of carbonyl (C=O) groups excluding carboxylic acids is 2. The van der Waals surface area contributed by atoms with E-state index in [-0.39, 0.29) is 21.6 Å². The first-order valence-electron chi connectivity index (χ1n) is 9.76. The standard InChI is InChI=1S/C22H20ClFN4O4S/c1-11(2)18(21(30)31)28-19(29)20-26-17(10-33-20)12-3-6-14(7-4-12)25-22(32)27-16-8-5-13(23)9-15(16)24/h3-11,18H,1-2H3,(H,28,29)(H,30,31)(H2,25,27,32). The van der Waals surface area contributed by atoms with Crippen LogP contribution in [0.2, 0.25) is 5.02 Å². The number of nitrogens with zero attached hydrogens (tertiary/aromatic N) is 1. The van der Waals surface area contributed by atoms with E-state index in [4.69, 9.17) is 11.6 Å². The van der Waals surface area contributed by atoms with Crippen molar-refractivity contribution in [1.82, 2.24) is 10.3 Å². The summed E-state index contributed by atoms with van der Waals surface area (Å²) in [5, 5.41) is 18.7. The van der Waals surface area contributed by atoms with Crippen LogP contribution in [0.4, 0.5) is 20.6 Å². The summed E-state index contributed by atoms with van der Waals surface area (Å²) in [6.45, 7) is 3.41. The summed E-state index contributed by atoms with van der Waals surface area (Å²) in [5.41, 5.74) is 1.67. The smallest absolute Gasteiger partial charge is 0.326 e. The number of hydrogen-bond acceptors (Lipinski definition) is 5. The second-order valence-electron chi connectivity index (χ2n) is 7.35. The minimum atomic E-state index is -1.11.